The first-order valence-electron chi connectivity index (χ1n) is 6.16. The van der Waals surface area contributed by atoms with E-state index in [4.69, 9.17) is 5.11 Å². The quantitative estimate of drug-likeness (QED) is 0.844. The van der Waals surface area contributed by atoms with Crippen molar-refractivity contribution in [1.82, 2.24) is 4.90 Å². The molecule has 3 heteroatoms. The Morgan fingerprint density at radius 3 is 2.65 bits per heavy atom. The molecular formula is C14H19NO2. The normalized spacial score (nSPS) is 18.6. The molecule has 0 aromatic heterocycles. The molecule has 1 N–H and O–H groups in total. The number of carboxylic acids is 1. The first kappa shape index (κ1) is 12.1. The molecule has 3 nitrogen and oxygen atoms in total. The predicted octanol–water partition coefficient (Wildman–Crippen LogP) is 1.88. The highest BCUT2D eigenvalue weighted by atomic mass is 16.4. The van der Waals surface area contributed by atoms with Gasteiger partial charge in [0.1, 0.15) is 0 Å². The third-order valence-corrected chi connectivity index (χ3v) is 3.64. The van der Waals surface area contributed by atoms with Gasteiger partial charge in [-0.1, -0.05) is 37.3 Å². The SMILES string of the molecule is CC(C(=O)O)C1CN(CCc2ccccc2)C1. The van der Waals surface area contributed by atoms with Crippen LogP contribution >= 0.6 is 0 Å². The Morgan fingerprint density at radius 1 is 1.41 bits per heavy atom. The van der Waals surface area contributed by atoms with Crippen molar-refractivity contribution in [1.29, 1.82) is 0 Å². The van der Waals surface area contributed by atoms with Gasteiger partial charge < -0.3 is 10.0 Å². The third-order valence-electron chi connectivity index (χ3n) is 3.64. The molecule has 1 atom stereocenters. The summed E-state index contributed by atoms with van der Waals surface area (Å²) in [5, 5.41) is 8.89. The highest BCUT2D eigenvalue weighted by Crippen LogP contribution is 2.23. The predicted molar refractivity (Wildman–Crippen MR) is 66.9 cm³/mol. The van der Waals surface area contributed by atoms with Crippen molar-refractivity contribution in [3.8, 4) is 0 Å². The Kier molecular flexibility index (Phi) is 3.79. The highest BCUT2D eigenvalue weighted by Gasteiger charge is 2.33. The molecule has 0 amide bonds. The van der Waals surface area contributed by atoms with Crippen LogP contribution in [0.4, 0.5) is 0 Å². The van der Waals surface area contributed by atoms with Gasteiger partial charge in [0, 0.05) is 19.6 Å². The molecule has 0 aliphatic carbocycles. The number of rotatable bonds is 5. The number of hydrogen-bond acceptors (Lipinski definition) is 2. The van der Waals surface area contributed by atoms with Gasteiger partial charge in [-0.15, -0.1) is 0 Å². The van der Waals surface area contributed by atoms with Crippen molar-refractivity contribution in [3.63, 3.8) is 0 Å². The van der Waals surface area contributed by atoms with Gasteiger partial charge in [0.2, 0.25) is 0 Å². The topological polar surface area (TPSA) is 40.5 Å². The molecule has 1 aromatic rings. The Hall–Kier alpha value is -1.35. The van der Waals surface area contributed by atoms with E-state index in [0.29, 0.717) is 5.92 Å². The molecule has 2 rings (SSSR count). The van der Waals surface area contributed by atoms with Gasteiger partial charge in [-0.05, 0) is 17.9 Å². The molecule has 0 spiro atoms. The van der Waals surface area contributed by atoms with Gasteiger partial charge >= 0.3 is 5.97 Å². The van der Waals surface area contributed by atoms with E-state index < -0.39 is 5.97 Å². The van der Waals surface area contributed by atoms with E-state index in [2.05, 4.69) is 29.2 Å². The molecule has 0 saturated carbocycles. The van der Waals surface area contributed by atoms with E-state index in [0.717, 1.165) is 26.1 Å². The Balaban J connectivity index is 1.70. The van der Waals surface area contributed by atoms with Crippen molar-refractivity contribution in [2.75, 3.05) is 19.6 Å². The largest absolute Gasteiger partial charge is 0.481 e. The van der Waals surface area contributed by atoms with Crippen LogP contribution in [-0.4, -0.2) is 35.6 Å². The zero-order valence-electron chi connectivity index (χ0n) is 10.2. The molecule has 0 bridgehead atoms. The molecule has 92 valence electrons. The van der Waals surface area contributed by atoms with E-state index in [-0.39, 0.29) is 5.92 Å². The first-order chi connectivity index (χ1) is 8.16. The zero-order chi connectivity index (χ0) is 12.3. The summed E-state index contributed by atoms with van der Waals surface area (Å²) in [6, 6.07) is 10.4. The van der Waals surface area contributed by atoms with Gasteiger partial charge in [0.05, 0.1) is 5.92 Å². The minimum atomic E-state index is -0.669. The van der Waals surface area contributed by atoms with Crippen molar-refractivity contribution < 1.29 is 9.90 Å². The number of aliphatic carboxylic acids is 1. The van der Waals surface area contributed by atoms with E-state index in [1.165, 1.54) is 5.56 Å². The van der Waals surface area contributed by atoms with Gasteiger partial charge in [0.25, 0.3) is 0 Å². The molecule has 0 radical (unpaired) electrons. The maximum absolute atomic E-state index is 10.8. The van der Waals surface area contributed by atoms with Gasteiger partial charge in [-0.25, -0.2) is 0 Å². The number of likely N-dealkylation sites (tertiary alicyclic amines) is 1. The molecule has 1 aliphatic heterocycles. The molecule has 1 fully saturated rings. The Bertz CT molecular complexity index is 371. The summed E-state index contributed by atoms with van der Waals surface area (Å²) in [7, 11) is 0. The average Bonchev–Trinajstić information content (AvgIpc) is 2.28. The second-order valence-corrected chi connectivity index (χ2v) is 4.88. The van der Waals surface area contributed by atoms with Crippen molar-refractivity contribution >= 4 is 5.97 Å². The smallest absolute Gasteiger partial charge is 0.306 e. The highest BCUT2D eigenvalue weighted by molar-refractivity contribution is 5.70. The van der Waals surface area contributed by atoms with Gasteiger partial charge in [-0.3, -0.25) is 4.79 Å². The van der Waals surface area contributed by atoms with E-state index in [9.17, 15) is 4.79 Å². The van der Waals surface area contributed by atoms with E-state index >= 15 is 0 Å². The summed E-state index contributed by atoms with van der Waals surface area (Å²) in [4.78, 5) is 13.1. The molecule has 1 saturated heterocycles. The fourth-order valence-electron chi connectivity index (χ4n) is 2.24. The number of carboxylic acid groups (broad SMARTS) is 1. The van der Waals surface area contributed by atoms with Gasteiger partial charge in [-0.2, -0.15) is 0 Å². The fourth-order valence-corrected chi connectivity index (χ4v) is 2.24. The van der Waals surface area contributed by atoms with E-state index in [1.807, 2.05) is 13.0 Å². The lowest BCUT2D eigenvalue weighted by molar-refractivity contribution is -0.145. The van der Waals surface area contributed by atoms with Crippen LogP contribution in [0.2, 0.25) is 0 Å². The maximum Gasteiger partial charge on any atom is 0.306 e. The Labute approximate surface area is 102 Å². The van der Waals surface area contributed by atoms with Crippen LogP contribution in [-0.2, 0) is 11.2 Å². The standard InChI is InChI=1S/C14H19NO2/c1-11(14(16)17)13-9-15(10-13)8-7-12-5-3-2-4-6-12/h2-6,11,13H,7-10H2,1H3,(H,16,17). The fraction of sp³-hybridized carbons (Fsp3) is 0.500. The summed E-state index contributed by atoms with van der Waals surface area (Å²) < 4.78 is 0. The van der Waals surface area contributed by atoms with Crippen LogP contribution < -0.4 is 0 Å². The second-order valence-electron chi connectivity index (χ2n) is 4.88. The summed E-state index contributed by atoms with van der Waals surface area (Å²) in [6.07, 6.45) is 1.05. The summed E-state index contributed by atoms with van der Waals surface area (Å²) in [5.41, 5.74) is 1.35. The molecular weight excluding hydrogens is 214 g/mol. The lowest BCUT2D eigenvalue weighted by Gasteiger charge is -2.41. The van der Waals surface area contributed by atoms with Crippen LogP contribution in [0.5, 0.6) is 0 Å². The summed E-state index contributed by atoms with van der Waals surface area (Å²) >= 11 is 0. The van der Waals surface area contributed by atoms with Crippen LogP contribution in [0.25, 0.3) is 0 Å². The minimum Gasteiger partial charge on any atom is -0.481 e. The van der Waals surface area contributed by atoms with Crippen molar-refractivity contribution in [2.24, 2.45) is 11.8 Å². The van der Waals surface area contributed by atoms with Crippen LogP contribution in [0.3, 0.4) is 0 Å². The molecule has 17 heavy (non-hydrogen) atoms. The molecule has 1 aromatic carbocycles. The first-order valence-corrected chi connectivity index (χ1v) is 6.16. The van der Waals surface area contributed by atoms with Gasteiger partial charge in [0.15, 0.2) is 0 Å². The molecule has 1 heterocycles. The maximum atomic E-state index is 10.8. The molecule has 1 aliphatic rings. The molecule has 1 unspecified atom stereocenters. The summed E-state index contributed by atoms with van der Waals surface area (Å²) in [6.45, 7) is 4.70. The lowest BCUT2D eigenvalue weighted by atomic mass is 9.87. The number of benzene rings is 1. The summed E-state index contributed by atoms with van der Waals surface area (Å²) in [5.74, 6) is -0.538. The number of carbonyl (C=O) groups is 1. The average molecular weight is 233 g/mol. The number of hydrogen-bond donors (Lipinski definition) is 1. The monoisotopic (exact) mass is 233 g/mol. The second kappa shape index (κ2) is 5.32. The van der Waals surface area contributed by atoms with Crippen LogP contribution in [0.1, 0.15) is 12.5 Å². The van der Waals surface area contributed by atoms with Crippen LogP contribution in [0.15, 0.2) is 30.3 Å². The van der Waals surface area contributed by atoms with E-state index in [1.54, 1.807) is 0 Å². The zero-order valence-corrected chi connectivity index (χ0v) is 10.2. The van der Waals surface area contributed by atoms with Crippen LogP contribution in [0, 0.1) is 11.8 Å². The van der Waals surface area contributed by atoms with Crippen molar-refractivity contribution in [2.45, 2.75) is 13.3 Å². The third kappa shape index (κ3) is 3.07. The Morgan fingerprint density at radius 2 is 2.06 bits per heavy atom. The van der Waals surface area contributed by atoms with Crippen molar-refractivity contribution in [3.05, 3.63) is 35.9 Å². The number of nitrogens with zero attached hydrogens (tertiary/aromatic N) is 1. The lowest BCUT2D eigenvalue weighted by Crippen LogP contribution is -2.51. The minimum absolute atomic E-state index is 0.206.